The Bertz CT molecular complexity index is 1100. The first-order valence-electron chi connectivity index (χ1n) is 11.0. The van der Waals surface area contributed by atoms with Crippen LogP contribution in [-0.4, -0.2) is 26.4 Å². The van der Waals surface area contributed by atoms with Gasteiger partial charge in [-0.2, -0.15) is 0 Å². The maximum Gasteiger partial charge on any atom is 0.234 e. The van der Waals surface area contributed by atoms with E-state index in [1.807, 2.05) is 24.5 Å². The van der Waals surface area contributed by atoms with Crippen molar-refractivity contribution in [2.75, 3.05) is 11.1 Å². The number of nitrogens with one attached hydrogen (secondary N) is 1. The summed E-state index contributed by atoms with van der Waals surface area (Å²) in [6, 6.07) is 11.2. The van der Waals surface area contributed by atoms with Crippen molar-refractivity contribution in [1.29, 1.82) is 0 Å². The number of para-hydroxylation sites is 1. The van der Waals surface area contributed by atoms with Gasteiger partial charge in [-0.1, -0.05) is 67.0 Å². The summed E-state index contributed by atoms with van der Waals surface area (Å²) in [7, 11) is 0. The van der Waals surface area contributed by atoms with Gasteiger partial charge in [-0.25, -0.2) is 0 Å². The number of anilines is 1. The average Bonchev–Trinajstić information content (AvgIpc) is 3.22. The van der Waals surface area contributed by atoms with E-state index in [9.17, 15) is 4.79 Å². The van der Waals surface area contributed by atoms with Gasteiger partial charge in [0.15, 0.2) is 17.1 Å². The topological polar surface area (TPSA) is 69.0 Å². The predicted octanol–water partition coefficient (Wildman–Crippen LogP) is 6.60. The van der Waals surface area contributed by atoms with Crippen LogP contribution in [-0.2, 0) is 24.2 Å². The van der Waals surface area contributed by atoms with E-state index in [-0.39, 0.29) is 17.8 Å². The molecule has 33 heavy (non-hydrogen) atoms. The molecule has 0 fully saturated rings. The number of hydrogen-bond donors (Lipinski definition) is 1. The van der Waals surface area contributed by atoms with E-state index in [1.54, 1.807) is 18.2 Å². The Morgan fingerprint density at radius 2 is 1.82 bits per heavy atom. The van der Waals surface area contributed by atoms with E-state index in [1.165, 1.54) is 11.8 Å². The van der Waals surface area contributed by atoms with Crippen LogP contribution in [0.3, 0.4) is 0 Å². The van der Waals surface area contributed by atoms with Gasteiger partial charge < -0.3 is 14.6 Å². The first kappa shape index (κ1) is 25.4. The predicted molar refractivity (Wildman–Crippen MR) is 136 cm³/mol. The minimum absolute atomic E-state index is 0.0694. The molecule has 0 saturated heterocycles. The molecular weight excluding hydrogens is 479 g/mol. The molecule has 0 aliphatic heterocycles. The van der Waals surface area contributed by atoms with Crippen molar-refractivity contribution in [2.45, 2.75) is 58.3 Å². The summed E-state index contributed by atoms with van der Waals surface area (Å²) in [5.41, 5.74) is 3.20. The number of benzene rings is 2. The first-order chi connectivity index (χ1) is 15.9. The minimum Gasteiger partial charge on any atom is -0.481 e. The summed E-state index contributed by atoms with van der Waals surface area (Å²) in [4.78, 5) is 12.7. The zero-order valence-electron chi connectivity index (χ0n) is 19.2. The summed E-state index contributed by atoms with van der Waals surface area (Å²) in [5, 5.41) is 13.3. The fourth-order valence-electron chi connectivity index (χ4n) is 3.53. The number of amides is 1. The lowest BCUT2D eigenvalue weighted by Gasteiger charge is -2.17. The molecule has 0 radical (unpaired) electrons. The fraction of sp³-hybridized carbons (Fsp3) is 0.375. The number of rotatable bonds is 10. The summed E-state index contributed by atoms with van der Waals surface area (Å²) < 4.78 is 7.94. The molecule has 1 unspecified atom stereocenters. The molecule has 3 aromatic rings. The third-order valence-electron chi connectivity index (χ3n) is 5.22. The second kappa shape index (κ2) is 11.8. The van der Waals surface area contributed by atoms with E-state index in [4.69, 9.17) is 27.9 Å². The highest BCUT2D eigenvalue weighted by molar-refractivity contribution is 7.99. The van der Waals surface area contributed by atoms with Gasteiger partial charge >= 0.3 is 0 Å². The molecule has 1 amide bonds. The highest BCUT2D eigenvalue weighted by Gasteiger charge is 2.20. The Hall–Kier alpha value is -2.22. The van der Waals surface area contributed by atoms with Crippen molar-refractivity contribution < 1.29 is 9.53 Å². The molecule has 176 valence electrons. The molecule has 1 aromatic heterocycles. The molecule has 0 aliphatic rings. The summed E-state index contributed by atoms with van der Waals surface area (Å²) >= 11 is 13.6. The molecule has 0 spiro atoms. The largest absolute Gasteiger partial charge is 0.481 e. The Balaban J connectivity index is 1.68. The molecule has 9 heteroatoms. The lowest BCUT2D eigenvalue weighted by Crippen LogP contribution is -2.17. The van der Waals surface area contributed by atoms with Crippen LogP contribution in [0.5, 0.6) is 5.75 Å². The van der Waals surface area contributed by atoms with E-state index >= 15 is 0 Å². The SMILES string of the molecule is CCc1cccc(CC)c1NC(=O)CSc1nnc(C(C)Oc2ccc(Cl)cc2Cl)n1CC. The number of carbonyl (C=O) groups is 1. The molecule has 0 aliphatic carbocycles. The molecule has 0 saturated carbocycles. The molecule has 1 heterocycles. The number of hydrogen-bond acceptors (Lipinski definition) is 5. The number of ether oxygens (including phenoxy) is 1. The van der Waals surface area contributed by atoms with E-state index in [2.05, 4.69) is 41.5 Å². The van der Waals surface area contributed by atoms with E-state index in [0.717, 1.165) is 29.7 Å². The first-order valence-corrected chi connectivity index (χ1v) is 12.7. The van der Waals surface area contributed by atoms with Gasteiger partial charge in [0.1, 0.15) is 5.75 Å². The van der Waals surface area contributed by atoms with Crippen LogP contribution < -0.4 is 10.1 Å². The highest BCUT2D eigenvalue weighted by Crippen LogP contribution is 2.32. The number of halogens is 2. The normalized spacial score (nSPS) is 11.9. The monoisotopic (exact) mass is 506 g/mol. The third-order valence-corrected chi connectivity index (χ3v) is 6.72. The maximum atomic E-state index is 12.7. The minimum atomic E-state index is -0.386. The molecular formula is C24H28Cl2N4O2S. The number of nitrogens with zero attached hydrogens (tertiary/aromatic N) is 3. The Morgan fingerprint density at radius 1 is 1.12 bits per heavy atom. The Morgan fingerprint density at radius 3 is 2.42 bits per heavy atom. The van der Waals surface area contributed by atoms with Crippen LogP contribution in [0, 0.1) is 0 Å². The quantitative estimate of drug-likeness (QED) is 0.313. The van der Waals surface area contributed by atoms with E-state index in [0.29, 0.717) is 33.3 Å². The van der Waals surface area contributed by atoms with Gasteiger partial charge in [0.25, 0.3) is 0 Å². The van der Waals surface area contributed by atoms with Gasteiger partial charge in [-0.3, -0.25) is 4.79 Å². The van der Waals surface area contributed by atoms with Crippen molar-refractivity contribution in [1.82, 2.24) is 14.8 Å². The standard InChI is InChI=1S/C24H28Cl2N4O2S/c1-5-16-9-8-10-17(6-2)22(16)27-21(31)14-33-24-29-28-23(30(24)7-3)15(4)32-20-12-11-18(25)13-19(20)26/h8-13,15H,5-7,14H2,1-4H3,(H,27,31). The van der Waals surface area contributed by atoms with Crippen LogP contribution in [0.25, 0.3) is 0 Å². The van der Waals surface area contributed by atoms with Crippen molar-refractivity contribution >= 4 is 46.6 Å². The number of aryl methyl sites for hydroxylation is 2. The Kier molecular flexibility index (Phi) is 9.06. The van der Waals surface area contributed by atoms with Gasteiger partial charge in [-0.15, -0.1) is 10.2 Å². The van der Waals surface area contributed by atoms with Crippen molar-refractivity contribution in [3.63, 3.8) is 0 Å². The van der Waals surface area contributed by atoms with Crippen LogP contribution in [0.4, 0.5) is 5.69 Å². The van der Waals surface area contributed by atoms with Crippen LogP contribution in [0.2, 0.25) is 10.0 Å². The molecule has 1 N–H and O–H groups in total. The average molecular weight is 507 g/mol. The molecule has 2 aromatic carbocycles. The van der Waals surface area contributed by atoms with Crippen molar-refractivity contribution in [3.8, 4) is 5.75 Å². The smallest absolute Gasteiger partial charge is 0.234 e. The fourth-order valence-corrected chi connectivity index (χ4v) is 4.79. The van der Waals surface area contributed by atoms with Crippen LogP contribution >= 0.6 is 35.0 Å². The molecule has 1 atom stereocenters. The second-order valence-electron chi connectivity index (χ2n) is 7.42. The van der Waals surface area contributed by atoms with Gasteiger partial charge in [-0.05, 0) is 56.0 Å². The van der Waals surface area contributed by atoms with Gasteiger partial charge in [0.05, 0.1) is 10.8 Å². The summed E-state index contributed by atoms with van der Waals surface area (Å²) in [5.74, 6) is 1.35. The lowest BCUT2D eigenvalue weighted by atomic mass is 10.0. The third kappa shape index (κ3) is 6.22. The van der Waals surface area contributed by atoms with E-state index < -0.39 is 0 Å². The highest BCUT2D eigenvalue weighted by atomic mass is 35.5. The Labute approximate surface area is 209 Å². The van der Waals surface area contributed by atoms with Crippen molar-refractivity contribution in [3.05, 3.63) is 63.4 Å². The molecule has 6 nitrogen and oxygen atoms in total. The number of thioether (sulfide) groups is 1. The summed E-state index contributed by atoms with van der Waals surface area (Å²) in [6.45, 7) is 8.71. The summed E-state index contributed by atoms with van der Waals surface area (Å²) in [6.07, 6.45) is 1.34. The van der Waals surface area contributed by atoms with Gasteiger partial charge in [0.2, 0.25) is 5.91 Å². The molecule has 3 rings (SSSR count). The maximum absolute atomic E-state index is 12.7. The second-order valence-corrected chi connectivity index (χ2v) is 9.20. The van der Waals surface area contributed by atoms with Crippen LogP contribution in [0.1, 0.15) is 50.8 Å². The van der Waals surface area contributed by atoms with Crippen molar-refractivity contribution in [2.24, 2.45) is 0 Å². The lowest BCUT2D eigenvalue weighted by molar-refractivity contribution is -0.113. The number of aromatic nitrogens is 3. The van der Waals surface area contributed by atoms with Crippen LogP contribution in [0.15, 0.2) is 41.6 Å². The molecule has 0 bridgehead atoms. The zero-order valence-corrected chi connectivity index (χ0v) is 21.5. The number of carbonyl (C=O) groups excluding carboxylic acids is 1. The zero-order chi connectivity index (χ0) is 24.0. The van der Waals surface area contributed by atoms with Gasteiger partial charge in [0, 0.05) is 17.3 Å².